The molecule has 1 aromatic heterocycles. The molecule has 1 saturated heterocycles. The SMILES string of the molecule is CCOC(=O)c1cc(-c2ccc(OC)cc2)n(CCC(=O)N2CCN(c3cc(C)ccc3C)CC2)c1C. The molecule has 0 bridgehead atoms. The van der Waals surface area contributed by atoms with Gasteiger partial charge >= 0.3 is 5.97 Å². The second kappa shape index (κ2) is 11.5. The molecule has 0 spiro atoms. The van der Waals surface area contributed by atoms with Gasteiger partial charge in [-0.15, -0.1) is 0 Å². The molecule has 3 aromatic rings. The van der Waals surface area contributed by atoms with Crippen LogP contribution in [0.15, 0.2) is 48.5 Å². The number of amides is 1. The number of aromatic nitrogens is 1. The number of aryl methyl sites for hydroxylation is 2. The van der Waals surface area contributed by atoms with Gasteiger partial charge < -0.3 is 23.8 Å². The highest BCUT2D eigenvalue weighted by atomic mass is 16.5. The van der Waals surface area contributed by atoms with Gasteiger partial charge in [0.25, 0.3) is 0 Å². The van der Waals surface area contributed by atoms with Gasteiger partial charge in [0.1, 0.15) is 5.75 Å². The molecule has 1 amide bonds. The van der Waals surface area contributed by atoms with Crippen molar-refractivity contribution in [1.82, 2.24) is 9.47 Å². The van der Waals surface area contributed by atoms with Crippen molar-refractivity contribution in [2.24, 2.45) is 0 Å². The summed E-state index contributed by atoms with van der Waals surface area (Å²) >= 11 is 0. The van der Waals surface area contributed by atoms with Crippen LogP contribution >= 0.6 is 0 Å². The van der Waals surface area contributed by atoms with Crippen LogP contribution in [0.2, 0.25) is 0 Å². The van der Waals surface area contributed by atoms with Crippen LogP contribution in [0.5, 0.6) is 5.75 Å². The Morgan fingerprint density at radius 3 is 2.27 bits per heavy atom. The molecule has 196 valence electrons. The zero-order chi connectivity index (χ0) is 26.5. The minimum Gasteiger partial charge on any atom is -0.497 e. The van der Waals surface area contributed by atoms with Crippen LogP contribution in [0.3, 0.4) is 0 Å². The molecular formula is C30H37N3O4. The lowest BCUT2D eigenvalue weighted by molar-refractivity contribution is -0.131. The van der Waals surface area contributed by atoms with Gasteiger partial charge in [-0.2, -0.15) is 0 Å². The number of hydrogen-bond acceptors (Lipinski definition) is 5. The van der Waals surface area contributed by atoms with E-state index in [0.29, 0.717) is 38.2 Å². The van der Waals surface area contributed by atoms with E-state index >= 15 is 0 Å². The number of esters is 1. The van der Waals surface area contributed by atoms with Crippen molar-refractivity contribution in [3.63, 3.8) is 0 Å². The van der Waals surface area contributed by atoms with Crippen molar-refractivity contribution >= 4 is 17.6 Å². The van der Waals surface area contributed by atoms with E-state index in [-0.39, 0.29) is 11.9 Å². The zero-order valence-corrected chi connectivity index (χ0v) is 22.5. The number of benzene rings is 2. The predicted molar refractivity (Wildman–Crippen MR) is 146 cm³/mol. The smallest absolute Gasteiger partial charge is 0.339 e. The molecule has 0 saturated carbocycles. The van der Waals surface area contributed by atoms with E-state index in [9.17, 15) is 9.59 Å². The van der Waals surface area contributed by atoms with Gasteiger partial charge in [0.15, 0.2) is 0 Å². The second-order valence-electron chi connectivity index (χ2n) is 9.54. The molecule has 2 heterocycles. The Hall–Kier alpha value is -3.74. The number of rotatable bonds is 8. The number of nitrogens with zero attached hydrogens (tertiary/aromatic N) is 3. The molecule has 1 fully saturated rings. The maximum atomic E-state index is 13.2. The van der Waals surface area contributed by atoms with Crippen LogP contribution in [-0.2, 0) is 16.1 Å². The van der Waals surface area contributed by atoms with E-state index in [0.717, 1.165) is 35.8 Å². The summed E-state index contributed by atoms with van der Waals surface area (Å²) in [6, 6.07) is 16.1. The monoisotopic (exact) mass is 503 g/mol. The normalized spacial score (nSPS) is 13.5. The molecule has 1 aliphatic rings. The summed E-state index contributed by atoms with van der Waals surface area (Å²) in [5.41, 5.74) is 6.93. The topological polar surface area (TPSA) is 64.0 Å². The second-order valence-corrected chi connectivity index (χ2v) is 9.54. The largest absolute Gasteiger partial charge is 0.497 e. The summed E-state index contributed by atoms with van der Waals surface area (Å²) in [4.78, 5) is 30.1. The lowest BCUT2D eigenvalue weighted by Crippen LogP contribution is -2.49. The molecule has 0 aliphatic carbocycles. The highest BCUT2D eigenvalue weighted by Crippen LogP contribution is 2.29. The molecule has 1 aliphatic heterocycles. The number of carbonyl (C=O) groups excluding carboxylic acids is 2. The lowest BCUT2D eigenvalue weighted by Gasteiger charge is -2.37. The fourth-order valence-corrected chi connectivity index (χ4v) is 4.97. The number of piperazine rings is 1. The van der Waals surface area contributed by atoms with Crippen molar-refractivity contribution in [2.75, 3.05) is 44.8 Å². The fourth-order valence-electron chi connectivity index (χ4n) is 4.97. The first-order valence-electron chi connectivity index (χ1n) is 12.9. The summed E-state index contributed by atoms with van der Waals surface area (Å²) in [6.07, 6.45) is 0.365. The van der Waals surface area contributed by atoms with E-state index in [1.54, 1.807) is 14.0 Å². The number of hydrogen-bond donors (Lipinski definition) is 0. The van der Waals surface area contributed by atoms with Crippen molar-refractivity contribution in [2.45, 2.75) is 40.7 Å². The van der Waals surface area contributed by atoms with Crippen molar-refractivity contribution in [1.29, 1.82) is 0 Å². The van der Waals surface area contributed by atoms with E-state index < -0.39 is 0 Å². The van der Waals surface area contributed by atoms with E-state index in [1.165, 1.54) is 16.8 Å². The summed E-state index contributed by atoms with van der Waals surface area (Å²) < 4.78 is 12.6. The highest BCUT2D eigenvalue weighted by Gasteiger charge is 2.24. The summed E-state index contributed by atoms with van der Waals surface area (Å²) in [7, 11) is 1.63. The van der Waals surface area contributed by atoms with E-state index in [2.05, 4.69) is 41.5 Å². The quantitative estimate of drug-likeness (QED) is 0.405. The van der Waals surface area contributed by atoms with Crippen molar-refractivity contribution in [3.8, 4) is 17.0 Å². The Balaban J connectivity index is 1.47. The summed E-state index contributed by atoms with van der Waals surface area (Å²) in [5, 5.41) is 0. The standard InChI is InChI=1S/C30H37N3O4/c1-6-37-30(35)26-20-28(24-9-11-25(36-5)12-10-24)33(23(26)4)14-13-29(34)32-17-15-31(16-18-32)27-19-21(2)7-8-22(27)3/h7-12,19-20H,6,13-18H2,1-5H3. The van der Waals surface area contributed by atoms with Gasteiger partial charge in [-0.25, -0.2) is 4.79 Å². The first-order valence-corrected chi connectivity index (χ1v) is 12.9. The average Bonchev–Trinajstić information content (AvgIpc) is 3.25. The molecule has 0 radical (unpaired) electrons. The van der Waals surface area contributed by atoms with Crippen LogP contribution in [-0.4, -0.2) is 61.2 Å². The van der Waals surface area contributed by atoms with Gasteiger partial charge in [-0.1, -0.05) is 12.1 Å². The first kappa shape index (κ1) is 26.3. The highest BCUT2D eigenvalue weighted by molar-refractivity contribution is 5.92. The van der Waals surface area contributed by atoms with Crippen molar-refractivity contribution in [3.05, 3.63) is 70.9 Å². The Morgan fingerprint density at radius 1 is 0.919 bits per heavy atom. The first-order chi connectivity index (χ1) is 17.8. The van der Waals surface area contributed by atoms with Gasteiger partial charge in [-0.3, -0.25) is 4.79 Å². The average molecular weight is 504 g/mol. The van der Waals surface area contributed by atoms with Crippen LogP contribution in [0.4, 0.5) is 5.69 Å². The number of methoxy groups -OCH3 is 1. The number of carbonyl (C=O) groups is 2. The van der Waals surface area contributed by atoms with Crippen LogP contribution < -0.4 is 9.64 Å². The number of ether oxygens (including phenoxy) is 2. The molecule has 4 rings (SSSR count). The molecule has 0 unspecified atom stereocenters. The lowest BCUT2D eigenvalue weighted by atomic mass is 10.1. The fraction of sp³-hybridized carbons (Fsp3) is 0.400. The number of anilines is 1. The third-order valence-corrected chi connectivity index (χ3v) is 7.13. The van der Waals surface area contributed by atoms with Crippen molar-refractivity contribution < 1.29 is 19.1 Å². The maximum absolute atomic E-state index is 13.2. The third kappa shape index (κ3) is 5.82. The third-order valence-electron chi connectivity index (χ3n) is 7.13. The molecule has 2 aromatic carbocycles. The molecule has 0 atom stereocenters. The maximum Gasteiger partial charge on any atom is 0.339 e. The minimum absolute atomic E-state index is 0.132. The summed E-state index contributed by atoms with van der Waals surface area (Å²) in [5.74, 6) is 0.550. The van der Waals surface area contributed by atoms with Gasteiger partial charge in [0.2, 0.25) is 5.91 Å². The van der Waals surface area contributed by atoms with Crippen LogP contribution in [0.1, 0.15) is 40.5 Å². The van der Waals surface area contributed by atoms with E-state index in [1.807, 2.05) is 42.2 Å². The predicted octanol–water partition coefficient (Wildman–Crippen LogP) is 5.00. The Morgan fingerprint density at radius 2 is 1.62 bits per heavy atom. The van der Waals surface area contributed by atoms with Crippen LogP contribution in [0, 0.1) is 20.8 Å². The summed E-state index contributed by atoms with van der Waals surface area (Å²) in [6.45, 7) is 11.8. The molecule has 37 heavy (non-hydrogen) atoms. The van der Waals surface area contributed by atoms with E-state index in [4.69, 9.17) is 9.47 Å². The Labute approximate surface area is 219 Å². The minimum atomic E-state index is -0.345. The molecule has 0 N–H and O–H groups in total. The molecule has 7 nitrogen and oxygen atoms in total. The van der Waals surface area contributed by atoms with Crippen LogP contribution in [0.25, 0.3) is 11.3 Å². The molecule has 7 heteroatoms. The Kier molecular flexibility index (Phi) is 8.21. The van der Waals surface area contributed by atoms with Gasteiger partial charge in [-0.05, 0) is 80.8 Å². The zero-order valence-electron chi connectivity index (χ0n) is 22.5. The Bertz CT molecular complexity index is 1250. The van der Waals surface area contributed by atoms with Gasteiger partial charge in [0.05, 0.1) is 19.3 Å². The molecular weight excluding hydrogens is 466 g/mol. The van der Waals surface area contributed by atoms with Gasteiger partial charge in [0, 0.05) is 56.2 Å².